The van der Waals surface area contributed by atoms with Gasteiger partial charge in [0.05, 0.1) is 21.4 Å². The van der Waals surface area contributed by atoms with Gasteiger partial charge in [-0.05, 0) is 54.4 Å². The second kappa shape index (κ2) is 7.41. The smallest absolute Gasteiger partial charge is 0.255 e. The van der Waals surface area contributed by atoms with E-state index >= 15 is 0 Å². The lowest BCUT2D eigenvalue weighted by Crippen LogP contribution is -2.26. The SMILES string of the molecule is CCNC(=O)c1c(C)nc(N)nc1COc1ccc(C)cc1Br. The Morgan fingerprint density at radius 1 is 1.35 bits per heavy atom. The predicted molar refractivity (Wildman–Crippen MR) is 92.4 cm³/mol. The van der Waals surface area contributed by atoms with E-state index in [0.29, 0.717) is 29.2 Å². The summed E-state index contributed by atoms with van der Waals surface area (Å²) in [5.74, 6) is 0.566. The topological polar surface area (TPSA) is 90.1 Å². The van der Waals surface area contributed by atoms with Crippen LogP contribution in [0.2, 0.25) is 0 Å². The van der Waals surface area contributed by atoms with Gasteiger partial charge in [-0.25, -0.2) is 9.97 Å². The van der Waals surface area contributed by atoms with Crippen LogP contribution in [0, 0.1) is 13.8 Å². The van der Waals surface area contributed by atoms with Gasteiger partial charge in [-0.15, -0.1) is 0 Å². The molecule has 1 amide bonds. The molecule has 0 aliphatic heterocycles. The summed E-state index contributed by atoms with van der Waals surface area (Å²) >= 11 is 3.46. The number of aromatic nitrogens is 2. The lowest BCUT2D eigenvalue weighted by molar-refractivity contribution is 0.0951. The number of carbonyl (C=O) groups is 1. The molecule has 0 bridgehead atoms. The van der Waals surface area contributed by atoms with E-state index in [1.54, 1.807) is 6.92 Å². The Morgan fingerprint density at radius 3 is 2.74 bits per heavy atom. The summed E-state index contributed by atoms with van der Waals surface area (Å²) in [5.41, 5.74) is 8.23. The summed E-state index contributed by atoms with van der Waals surface area (Å²) in [5, 5.41) is 2.75. The van der Waals surface area contributed by atoms with Crippen LogP contribution in [0.15, 0.2) is 22.7 Å². The standard InChI is InChI=1S/C16H19BrN4O2/c1-4-19-15(22)14-10(3)20-16(18)21-12(14)8-23-13-6-5-9(2)7-11(13)17/h5-7H,4,8H2,1-3H3,(H,19,22)(H2,18,20,21). The Bertz CT molecular complexity index is 734. The maximum Gasteiger partial charge on any atom is 0.255 e. The highest BCUT2D eigenvalue weighted by Crippen LogP contribution is 2.27. The number of benzene rings is 1. The van der Waals surface area contributed by atoms with Gasteiger partial charge in [0.25, 0.3) is 5.91 Å². The van der Waals surface area contributed by atoms with E-state index in [1.807, 2.05) is 32.0 Å². The van der Waals surface area contributed by atoms with Gasteiger partial charge in [-0.1, -0.05) is 6.07 Å². The lowest BCUT2D eigenvalue weighted by Gasteiger charge is -2.13. The third-order valence-corrected chi connectivity index (χ3v) is 3.82. The zero-order valence-electron chi connectivity index (χ0n) is 13.3. The molecule has 0 spiro atoms. The number of halogens is 1. The summed E-state index contributed by atoms with van der Waals surface area (Å²) in [6.45, 7) is 6.23. The van der Waals surface area contributed by atoms with Crippen molar-refractivity contribution in [3.63, 3.8) is 0 Å². The van der Waals surface area contributed by atoms with Gasteiger partial charge in [0, 0.05) is 6.54 Å². The third-order valence-electron chi connectivity index (χ3n) is 3.20. The number of amides is 1. The molecule has 0 atom stereocenters. The Labute approximate surface area is 143 Å². The number of hydrogen-bond donors (Lipinski definition) is 2. The molecular formula is C16H19BrN4O2. The molecule has 0 saturated heterocycles. The second-order valence-electron chi connectivity index (χ2n) is 5.07. The molecule has 1 aromatic carbocycles. The Hall–Kier alpha value is -2.15. The van der Waals surface area contributed by atoms with Gasteiger partial charge in [0.2, 0.25) is 5.95 Å². The average Bonchev–Trinajstić information content (AvgIpc) is 2.45. The van der Waals surface area contributed by atoms with Crippen LogP contribution < -0.4 is 15.8 Å². The van der Waals surface area contributed by atoms with Gasteiger partial charge in [0.1, 0.15) is 12.4 Å². The van der Waals surface area contributed by atoms with E-state index in [4.69, 9.17) is 10.5 Å². The number of hydrogen-bond acceptors (Lipinski definition) is 5. The van der Waals surface area contributed by atoms with Crippen molar-refractivity contribution >= 4 is 27.8 Å². The molecule has 0 fully saturated rings. The van der Waals surface area contributed by atoms with Crippen LogP contribution in [0.1, 0.15) is 34.2 Å². The molecular weight excluding hydrogens is 360 g/mol. The minimum absolute atomic E-state index is 0.122. The number of nitrogens with one attached hydrogen (secondary N) is 1. The predicted octanol–water partition coefficient (Wildman–Crippen LogP) is 2.77. The molecule has 6 nitrogen and oxygen atoms in total. The number of aryl methyl sites for hydroxylation is 2. The first-order valence-corrected chi connectivity index (χ1v) is 8.01. The van der Waals surface area contributed by atoms with Crippen LogP contribution in [-0.2, 0) is 6.61 Å². The van der Waals surface area contributed by atoms with E-state index in [2.05, 4.69) is 31.2 Å². The van der Waals surface area contributed by atoms with Crippen molar-refractivity contribution in [1.29, 1.82) is 0 Å². The third kappa shape index (κ3) is 4.19. The van der Waals surface area contributed by atoms with Crippen molar-refractivity contribution in [1.82, 2.24) is 15.3 Å². The normalized spacial score (nSPS) is 10.4. The lowest BCUT2D eigenvalue weighted by atomic mass is 10.1. The van der Waals surface area contributed by atoms with E-state index in [0.717, 1.165) is 10.0 Å². The molecule has 3 N–H and O–H groups in total. The fraction of sp³-hybridized carbons (Fsp3) is 0.312. The van der Waals surface area contributed by atoms with Gasteiger partial charge >= 0.3 is 0 Å². The van der Waals surface area contributed by atoms with Crippen molar-refractivity contribution in [3.05, 3.63) is 45.2 Å². The number of ether oxygens (including phenoxy) is 1. The summed E-state index contributed by atoms with van der Waals surface area (Å²) in [4.78, 5) is 20.5. The van der Waals surface area contributed by atoms with Gasteiger partial charge in [-0.3, -0.25) is 4.79 Å². The van der Waals surface area contributed by atoms with Crippen LogP contribution in [0.4, 0.5) is 5.95 Å². The molecule has 2 rings (SSSR count). The average molecular weight is 379 g/mol. The fourth-order valence-electron chi connectivity index (χ4n) is 2.17. The van der Waals surface area contributed by atoms with Crippen LogP contribution in [0.5, 0.6) is 5.75 Å². The molecule has 0 radical (unpaired) electrons. The molecule has 23 heavy (non-hydrogen) atoms. The summed E-state index contributed by atoms with van der Waals surface area (Å²) in [6.07, 6.45) is 0. The maximum absolute atomic E-state index is 12.2. The Kier molecular flexibility index (Phi) is 5.54. The van der Waals surface area contributed by atoms with Crippen molar-refractivity contribution in [2.45, 2.75) is 27.4 Å². The summed E-state index contributed by atoms with van der Waals surface area (Å²) < 4.78 is 6.63. The minimum Gasteiger partial charge on any atom is -0.486 e. The minimum atomic E-state index is -0.230. The first kappa shape index (κ1) is 17.2. The number of nitrogens with zero attached hydrogens (tertiary/aromatic N) is 2. The molecule has 7 heteroatoms. The monoisotopic (exact) mass is 378 g/mol. The molecule has 0 aliphatic rings. The van der Waals surface area contributed by atoms with Gasteiger partial charge in [0.15, 0.2) is 0 Å². The van der Waals surface area contributed by atoms with Crippen LogP contribution in [0.25, 0.3) is 0 Å². The maximum atomic E-state index is 12.2. The van der Waals surface area contributed by atoms with E-state index in [1.165, 1.54) is 0 Å². The molecule has 0 saturated carbocycles. The number of rotatable bonds is 5. The highest BCUT2D eigenvalue weighted by atomic mass is 79.9. The quantitative estimate of drug-likeness (QED) is 0.834. The van der Waals surface area contributed by atoms with Crippen molar-refractivity contribution in [2.24, 2.45) is 0 Å². The van der Waals surface area contributed by atoms with Crippen LogP contribution >= 0.6 is 15.9 Å². The number of anilines is 1. The number of nitrogens with two attached hydrogens (primary N) is 1. The first-order valence-electron chi connectivity index (χ1n) is 7.22. The van der Waals surface area contributed by atoms with Crippen molar-refractivity contribution in [2.75, 3.05) is 12.3 Å². The van der Waals surface area contributed by atoms with Crippen LogP contribution in [0.3, 0.4) is 0 Å². The molecule has 2 aromatic rings. The van der Waals surface area contributed by atoms with E-state index in [-0.39, 0.29) is 18.5 Å². The highest BCUT2D eigenvalue weighted by Gasteiger charge is 2.18. The zero-order chi connectivity index (χ0) is 17.0. The number of nitrogen functional groups attached to an aromatic ring is 1. The fourth-order valence-corrected chi connectivity index (χ4v) is 2.78. The summed E-state index contributed by atoms with van der Waals surface area (Å²) in [7, 11) is 0. The molecule has 0 unspecified atom stereocenters. The number of carbonyl (C=O) groups excluding carboxylic acids is 1. The van der Waals surface area contributed by atoms with E-state index < -0.39 is 0 Å². The summed E-state index contributed by atoms with van der Waals surface area (Å²) in [6, 6.07) is 5.77. The largest absolute Gasteiger partial charge is 0.486 e. The van der Waals surface area contributed by atoms with E-state index in [9.17, 15) is 4.79 Å². The first-order chi connectivity index (χ1) is 10.9. The van der Waals surface area contributed by atoms with Gasteiger partial charge < -0.3 is 15.8 Å². The highest BCUT2D eigenvalue weighted by molar-refractivity contribution is 9.10. The van der Waals surface area contributed by atoms with Crippen molar-refractivity contribution in [3.8, 4) is 5.75 Å². The molecule has 1 heterocycles. The molecule has 0 aliphatic carbocycles. The van der Waals surface area contributed by atoms with Crippen LogP contribution in [-0.4, -0.2) is 22.4 Å². The molecule has 122 valence electrons. The Morgan fingerprint density at radius 2 is 2.09 bits per heavy atom. The second-order valence-corrected chi connectivity index (χ2v) is 5.93. The van der Waals surface area contributed by atoms with Crippen molar-refractivity contribution < 1.29 is 9.53 Å². The Balaban J connectivity index is 2.29. The van der Waals surface area contributed by atoms with Gasteiger partial charge in [-0.2, -0.15) is 0 Å². The zero-order valence-corrected chi connectivity index (χ0v) is 14.9. The molecule has 1 aromatic heterocycles.